The number of hydrogen-bond acceptors (Lipinski definition) is 2. The van der Waals surface area contributed by atoms with Gasteiger partial charge in [-0.25, -0.2) is 0 Å². The van der Waals surface area contributed by atoms with Crippen molar-refractivity contribution in [3.05, 3.63) is 28.0 Å². The second-order valence-corrected chi connectivity index (χ2v) is 3.83. The van der Waals surface area contributed by atoms with Crippen LogP contribution in [0, 0.1) is 6.92 Å². The van der Waals surface area contributed by atoms with E-state index in [4.69, 9.17) is 5.11 Å². The first-order valence-corrected chi connectivity index (χ1v) is 4.68. The molecule has 0 aliphatic heterocycles. The Morgan fingerprint density at radius 1 is 1.67 bits per heavy atom. The lowest BCUT2D eigenvalue weighted by atomic mass is 10.2. The molecule has 0 bridgehead atoms. The maximum absolute atomic E-state index is 9.11. The second-order valence-electron chi connectivity index (χ2n) is 2.98. The van der Waals surface area contributed by atoms with Gasteiger partial charge in [-0.2, -0.15) is 0 Å². The maximum Gasteiger partial charge on any atom is 0.0567 e. The van der Waals surface area contributed by atoms with Gasteiger partial charge in [0, 0.05) is 22.8 Å². The van der Waals surface area contributed by atoms with Gasteiger partial charge in [-0.15, -0.1) is 0 Å². The minimum absolute atomic E-state index is 0.327. The zero-order valence-corrected chi connectivity index (χ0v) is 8.80. The molecule has 0 spiro atoms. The van der Waals surface area contributed by atoms with Gasteiger partial charge in [-0.05, 0) is 25.5 Å². The van der Waals surface area contributed by atoms with E-state index in [1.165, 1.54) is 0 Å². The topological polar surface area (TPSA) is 33.1 Å². The van der Waals surface area contributed by atoms with E-state index in [0.717, 1.165) is 15.7 Å². The summed E-state index contributed by atoms with van der Waals surface area (Å²) in [6.07, 6.45) is 2.09. The fraction of sp³-hybridized carbons (Fsp3) is 0.444. The van der Waals surface area contributed by atoms with Gasteiger partial charge >= 0.3 is 0 Å². The largest absolute Gasteiger partial charge is 0.393 e. The van der Waals surface area contributed by atoms with E-state index in [0.29, 0.717) is 6.42 Å². The molecule has 0 aliphatic rings. The highest BCUT2D eigenvalue weighted by Gasteiger charge is 2.02. The first-order valence-electron chi connectivity index (χ1n) is 3.88. The van der Waals surface area contributed by atoms with Crippen molar-refractivity contribution in [2.24, 2.45) is 0 Å². The maximum atomic E-state index is 9.11. The Morgan fingerprint density at radius 2 is 2.33 bits per heavy atom. The van der Waals surface area contributed by atoms with Crippen LogP contribution in [0.4, 0.5) is 0 Å². The van der Waals surface area contributed by atoms with E-state index < -0.39 is 0 Å². The van der Waals surface area contributed by atoms with Crippen molar-refractivity contribution in [2.45, 2.75) is 26.4 Å². The van der Waals surface area contributed by atoms with Crippen molar-refractivity contribution in [3.8, 4) is 0 Å². The molecule has 1 atom stereocenters. The lowest BCUT2D eigenvalue weighted by Gasteiger charge is -2.04. The predicted molar refractivity (Wildman–Crippen MR) is 52.1 cm³/mol. The average Bonchev–Trinajstić information content (AvgIpc) is 1.96. The normalized spacial score (nSPS) is 13.0. The molecule has 1 heterocycles. The van der Waals surface area contributed by atoms with Crippen LogP contribution in [0.2, 0.25) is 0 Å². The summed E-state index contributed by atoms with van der Waals surface area (Å²) >= 11 is 3.41. The predicted octanol–water partition coefficient (Wildman–Crippen LogP) is 2.08. The van der Waals surface area contributed by atoms with Crippen molar-refractivity contribution in [2.75, 3.05) is 0 Å². The molecule has 0 saturated carbocycles. The van der Waals surface area contributed by atoms with Gasteiger partial charge in [0.05, 0.1) is 6.10 Å². The van der Waals surface area contributed by atoms with Crippen molar-refractivity contribution >= 4 is 15.9 Å². The highest BCUT2D eigenvalue weighted by molar-refractivity contribution is 9.10. The van der Waals surface area contributed by atoms with E-state index in [-0.39, 0.29) is 6.10 Å². The summed E-state index contributed by atoms with van der Waals surface area (Å²) in [4.78, 5) is 4.19. The van der Waals surface area contributed by atoms with Crippen LogP contribution in [-0.2, 0) is 6.42 Å². The van der Waals surface area contributed by atoms with Crippen molar-refractivity contribution in [1.29, 1.82) is 0 Å². The quantitative estimate of drug-likeness (QED) is 0.843. The molecule has 2 nitrogen and oxygen atoms in total. The fourth-order valence-corrected chi connectivity index (χ4v) is 1.32. The number of aryl methyl sites for hydroxylation is 1. The number of aliphatic hydroxyl groups excluding tert-OH is 1. The minimum atomic E-state index is -0.327. The standard InChI is InChI=1S/C9H12BrNO/c1-6-5-11-8(3-7(2)12)4-9(6)10/h4-5,7,12H,3H2,1-2H3. The number of pyridine rings is 1. The van der Waals surface area contributed by atoms with Crippen LogP contribution in [0.25, 0.3) is 0 Å². The lowest BCUT2D eigenvalue weighted by Crippen LogP contribution is -2.05. The van der Waals surface area contributed by atoms with E-state index >= 15 is 0 Å². The first kappa shape index (κ1) is 9.68. The molecule has 1 aromatic rings. The summed E-state index contributed by atoms with van der Waals surface area (Å²) in [6.45, 7) is 3.75. The fourth-order valence-electron chi connectivity index (χ4n) is 0.953. The zero-order chi connectivity index (χ0) is 9.14. The molecule has 0 radical (unpaired) electrons. The molecule has 3 heteroatoms. The summed E-state index contributed by atoms with van der Waals surface area (Å²) in [5.41, 5.74) is 2.03. The van der Waals surface area contributed by atoms with Gasteiger partial charge in [0.2, 0.25) is 0 Å². The third-order valence-corrected chi connectivity index (χ3v) is 2.45. The van der Waals surface area contributed by atoms with E-state index in [1.54, 1.807) is 6.92 Å². The minimum Gasteiger partial charge on any atom is -0.393 e. The summed E-state index contributed by atoms with van der Waals surface area (Å²) in [5.74, 6) is 0. The van der Waals surface area contributed by atoms with Gasteiger partial charge in [-0.1, -0.05) is 15.9 Å². The Kier molecular flexibility index (Phi) is 3.23. The summed E-state index contributed by atoms with van der Waals surface area (Å²) in [6, 6.07) is 1.95. The van der Waals surface area contributed by atoms with Crippen molar-refractivity contribution in [3.63, 3.8) is 0 Å². The molecule has 1 aromatic heterocycles. The molecule has 66 valence electrons. The Bertz CT molecular complexity index is 273. The van der Waals surface area contributed by atoms with Crippen LogP contribution in [0.15, 0.2) is 16.7 Å². The van der Waals surface area contributed by atoms with Crippen molar-refractivity contribution < 1.29 is 5.11 Å². The van der Waals surface area contributed by atoms with Crippen LogP contribution in [0.3, 0.4) is 0 Å². The third kappa shape index (κ3) is 2.57. The molecule has 1 rings (SSSR count). The zero-order valence-electron chi connectivity index (χ0n) is 7.21. The number of aromatic nitrogens is 1. The van der Waals surface area contributed by atoms with Crippen LogP contribution in [-0.4, -0.2) is 16.2 Å². The Labute approximate surface area is 80.8 Å². The molecule has 0 aliphatic carbocycles. The molecule has 12 heavy (non-hydrogen) atoms. The van der Waals surface area contributed by atoms with Crippen LogP contribution in [0.1, 0.15) is 18.2 Å². The number of nitrogens with zero attached hydrogens (tertiary/aromatic N) is 1. The molecular formula is C9H12BrNO. The number of aliphatic hydroxyl groups is 1. The third-order valence-electron chi connectivity index (χ3n) is 1.60. The highest BCUT2D eigenvalue weighted by Crippen LogP contribution is 2.16. The van der Waals surface area contributed by atoms with Crippen molar-refractivity contribution in [1.82, 2.24) is 4.98 Å². The van der Waals surface area contributed by atoms with Crippen LogP contribution in [0.5, 0.6) is 0 Å². The Morgan fingerprint density at radius 3 is 2.83 bits per heavy atom. The molecule has 1 N–H and O–H groups in total. The Hall–Kier alpha value is -0.410. The van der Waals surface area contributed by atoms with Crippen LogP contribution < -0.4 is 0 Å². The summed E-state index contributed by atoms with van der Waals surface area (Å²) < 4.78 is 1.05. The summed E-state index contributed by atoms with van der Waals surface area (Å²) in [5, 5.41) is 9.11. The molecule has 0 amide bonds. The number of halogens is 1. The highest BCUT2D eigenvalue weighted by atomic mass is 79.9. The van der Waals surface area contributed by atoms with Crippen LogP contribution >= 0.6 is 15.9 Å². The first-order chi connectivity index (χ1) is 5.59. The van der Waals surface area contributed by atoms with Gasteiger partial charge in [0.15, 0.2) is 0 Å². The van der Waals surface area contributed by atoms with Gasteiger partial charge < -0.3 is 5.11 Å². The van der Waals surface area contributed by atoms with E-state index in [9.17, 15) is 0 Å². The van der Waals surface area contributed by atoms with Gasteiger partial charge in [0.25, 0.3) is 0 Å². The smallest absolute Gasteiger partial charge is 0.0567 e. The summed E-state index contributed by atoms with van der Waals surface area (Å²) in [7, 11) is 0. The van der Waals surface area contributed by atoms with E-state index in [1.807, 2.05) is 19.2 Å². The number of hydrogen-bond donors (Lipinski definition) is 1. The van der Waals surface area contributed by atoms with Gasteiger partial charge in [0.1, 0.15) is 0 Å². The van der Waals surface area contributed by atoms with Gasteiger partial charge in [-0.3, -0.25) is 4.98 Å². The SMILES string of the molecule is Cc1cnc(CC(C)O)cc1Br. The molecule has 0 aromatic carbocycles. The lowest BCUT2D eigenvalue weighted by molar-refractivity contribution is 0.194. The average molecular weight is 230 g/mol. The monoisotopic (exact) mass is 229 g/mol. The molecule has 0 saturated heterocycles. The molecular weight excluding hydrogens is 218 g/mol. The molecule has 0 fully saturated rings. The molecule has 1 unspecified atom stereocenters. The second kappa shape index (κ2) is 4.01. The van der Waals surface area contributed by atoms with E-state index in [2.05, 4.69) is 20.9 Å². The Balaban J connectivity index is 2.82. The number of rotatable bonds is 2.